The van der Waals surface area contributed by atoms with E-state index in [0.717, 1.165) is 0 Å². The molecule has 0 aliphatic rings. The molecule has 12 heavy (non-hydrogen) atoms. The van der Waals surface area contributed by atoms with Crippen molar-refractivity contribution in [2.75, 3.05) is 0 Å². The van der Waals surface area contributed by atoms with Gasteiger partial charge in [0.1, 0.15) is 7.28 Å². The van der Waals surface area contributed by atoms with E-state index >= 15 is 0 Å². The largest absolute Gasteiger partial charge is 0.149 e. The molecule has 0 saturated carbocycles. The van der Waals surface area contributed by atoms with Crippen LogP contribution in [0.3, 0.4) is 0 Å². The zero-order valence-electron chi connectivity index (χ0n) is 8.00. The fourth-order valence-electron chi connectivity index (χ4n) is 1.39. The van der Waals surface area contributed by atoms with Crippen molar-refractivity contribution in [2.24, 2.45) is 0 Å². The van der Waals surface area contributed by atoms with Crippen molar-refractivity contribution in [3.8, 4) is 0 Å². The maximum Gasteiger partial charge on any atom is 0.149 e. The number of rotatable bonds is 1. The molecule has 1 aromatic carbocycles. The molecule has 0 spiro atoms. The van der Waals surface area contributed by atoms with Crippen molar-refractivity contribution in [3.63, 3.8) is 0 Å². The number of benzene rings is 1. The Balaban J connectivity index is 2.60. The second-order valence-electron chi connectivity index (χ2n) is 2.82. The smallest absolute Gasteiger partial charge is 0.141 e. The highest BCUT2D eigenvalue weighted by atomic mass is 32.1. The highest BCUT2D eigenvalue weighted by Crippen LogP contribution is 2.22. The summed E-state index contributed by atoms with van der Waals surface area (Å²) in [5, 5.41) is 1.29. The molecule has 1 heterocycles. The predicted molar refractivity (Wildman–Crippen MR) is 57.8 cm³/mol. The third-order valence-corrected chi connectivity index (χ3v) is 2.95. The topological polar surface area (TPSA) is 0 Å². The summed E-state index contributed by atoms with van der Waals surface area (Å²) in [5.74, 6) is 0. The number of fused-ring (bicyclic) bond motifs is 1. The lowest BCUT2D eigenvalue weighted by atomic mass is 9.72. The van der Waals surface area contributed by atoms with E-state index in [-0.39, 0.29) is 0 Å². The third-order valence-electron chi connectivity index (χ3n) is 1.94. The molecule has 2 rings (SSSR count). The quantitative estimate of drug-likeness (QED) is 0.583. The van der Waals surface area contributed by atoms with Crippen LogP contribution in [0.1, 0.15) is 6.25 Å². The highest BCUT2D eigenvalue weighted by Gasteiger charge is 2.01. The van der Waals surface area contributed by atoms with Crippen LogP contribution in [-0.2, 0) is 0 Å². The van der Waals surface area contributed by atoms with E-state index in [0.29, 0.717) is 6.80 Å². The van der Waals surface area contributed by atoms with Crippen LogP contribution in [0.25, 0.3) is 10.1 Å². The van der Waals surface area contributed by atoms with Gasteiger partial charge in [0.25, 0.3) is 0 Å². The summed E-state index contributed by atoms with van der Waals surface area (Å²) in [6.07, 6.45) is 0. The minimum atomic E-state index is 0.355. The number of aryl methyl sites for hydroxylation is 1. The number of hydrogen-bond acceptors (Lipinski definition) is 1. The summed E-state index contributed by atoms with van der Waals surface area (Å²) in [6, 6.07) is 8.46. The van der Waals surface area contributed by atoms with Crippen molar-refractivity contribution in [1.29, 1.82) is 0 Å². The third kappa shape index (κ3) is 1.16. The van der Waals surface area contributed by atoms with Crippen molar-refractivity contribution >= 4 is 34.2 Å². The van der Waals surface area contributed by atoms with Crippen LogP contribution in [0, 0.1) is 6.92 Å². The van der Waals surface area contributed by atoms with E-state index < -0.39 is 0 Å². The van der Waals surface area contributed by atoms with Gasteiger partial charge in [-0.1, -0.05) is 24.4 Å². The molecule has 0 aliphatic carbocycles. The zero-order valence-corrected chi connectivity index (χ0v) is 7.82. The predicted octanol–water partition coefficient (Wildman–Crippen LogP) is 2.59. The Bertz CT molecular complexity index is 422. The van der Waals surface area contributed by atoms with Gasteiger partial charge < -0.3 is 0 Å². The average molecular weight is 174 g/mol. The molecule has 1 aromatic heterocycles. The standard InChI is InChI=1S/C10H10BS/c1-7-6-8-9(11-2)4-3-5-10(8)12-7/h3-6H,1-2H3/i2D. The van der Waals surface area contributed by atoms with Crippen molar-refractivity contribution in [2.45, 2.75) is 13.7 Å². The highest BCUT2D eigenvalue weighted by molar-refractivity contribution is 7.19. The fraction of sp³-hybridized carbons (Fsp3) is 0.200. The first-order valence-electron chi connectivity index (χ1n) is 4.63. The summed E-state index contributed by atoms with van der Waals surface area (Å²) in [5.41, 5.74) is 1.19. The van der Waals surface area contributed by atoms with Gasteiger partial charge in [-0.2, -0.15) is 0 Å². The Morgan fingerprint density at radius 3 is 3.25 bits per heavy atom. The molecule has 0 aliphatic heterocycles. The summed E-state index contributed by atoms with van der Waals surface area (Å²) in [4.78, 5) is 1.33. The normalized spacial score (nSPS) is 11.6. The van der Waals surface area contributed by atoms with Crippen molar-refractivity contribution in [1.82, 2.24) is 0 Å². The Labute approximate surface area is 78.9 Å². The first-order chi connectivity index (χ1) is 6.31. The van der Waals surface area contributed by atoms with Gasteiger partial charge in [-0.25, -0.2) is 0 Å². The second kappa shape index (κ2) is 2.94. The van der Waals surface area contributed by atoms with Gasteiger partial charge in [-0.15, -0.1) is 11.3 Å². The van der Waals surface area contributed by atoms with E-state index in [9.17, 15) is 0 Å². The van der Waals surface area contributed by atoms with Crippen LogP contribution in [0.2, 0.25) is 6.80 Å². The summed E-state index contributed by atoms with van der Waals surface area (Å²) >= 11 is 1.81. The van der Waals surface area contributed by atoms with E-state index in [4.69, 9.17) is 1.37 Å². The lowest BCUT2D eigenvalue weighted by molar-refractivity contribution is 1.66. The first kappa shape index (κ1) is 6.73. The molecular formula is C10H10BS. The molecule has 0 unspecified atom stereocenters. The van der Waals surface area contributed by atoms with Crippen LogP contribution < -0.4 is 5.46 Å². The van der Waals surface area contributed by atoms with Crippen LogP contribution >= 0.6 is 11.3 Å². The van der Waals surface area contributed by atoms with Gasteiger partial charge >= 0.3 is 0 Å². The van der Waals surface area contributed by atoms with Crippen molar-refractivity contribution in [3.05, 3.63) is 29.1 Å². The first-order valence-corrected chi connectivity index (χ1v) is 4.74. The molecule has 0 fully saturated rings. The molecule has 2 heteroatoms. The number of thiophene rings is 1. The number of hydrogen-bond donors (Lipinski definition) is 0. The molecule has 0 atom stereocenters. The van der Waals surface area contributed by atoms with Crippen LogP contribution in [0.4, 0.5) is 0 Å². The summed E-state index contributed by atoms with van der Waals surface area (Å²) < 4.78 is 8.49. The molecule has 2 aromatic rings. The fourth-order valence-corrected chi connectivity index (χ4v) is 2.35. The van der Waals surface area contributed by atoms with Crippen LogP contribution in [0.15, 0.2) is 24.3 Å². The molecular weight excluding hydrogens is 163 g/mol. The SMILES string of the molecule is [2H]C[B]c1cccc2sc(C)cc12. The molecule has 0 saturated heterocycles. The minimum Gasteiger partial charge on any atom is -0.141 e. The van der Waals surface area contributed by atoms with E-state index in [1.807, 2.05) is 18.6 Å². The average Bonchev–Trinajstić information content (AvgIpc) is 2.47. The maximum atomic E-state index is 7.17. The molecule has 0 amide bonds. The van der Waals surface area contributed by atoms with Crippen LogP contribution in [0.5, 0.6) is 0 Å². The van der Waals surface area contributed by atoms with E-state index in [1.54, 1.807) is 0 Å². The lowest BCUT2D eigenvalue weighted by Crippen LogP contribution is -2.09. The van der Waals surface area contributed by atoms with Crippen LogP contribution in [-0.4, -0.2) is 7.28 Å². The molecule has 0 nitrogen and oxygen atoms in total. The Kier molecular flexibility index (Phi) is 1.65. The molecule has 0 bridgehead atoms. The minimum absolute atomic E-state index is 0.355. The zero-order chi connectivity index (χ0) is 9.26. The van der Waals surface area contributed by atoms with Gasteiger partial charge in [-0.3, -0.25) is 0 Å². The Morgan fingerprint density at radius 2 is 2.42 bits per heavy atom. The van der Waals surface area contributed by atoms with Gasteiger partial charge in [-0.05, 0) is 24.4 Å². The van der Waals surface area contributed by atoms with E-state index in [1.165, 1.54) is 20.4 Å². The molecule has 0 N–H and O–H groups in total. The lowest BCUT2D eigenvalue weighted by Gasteiger charge is -1.95. The van der Waals surface area contributed by atoms with E-state index in [2.05, 4.69) is 31.2 Å². The van der Waals surface area contributed by atoms with Gasteiger partial charge in [0.15, 0.2) is 0 Å². The maximum absolute atomic E-state index is 7.17. The molecule has 1 radical (unpaired) electrons. The van der Waals surface area contributed by atoms with Gasteiger partial charge in [0.2, 0.25) is 0 Å². The summed E-state index contributed by atoms with van der Waals surface area (Å²) in [7, 11) is 1.95. The summed E-state index contributed by atoms with van der Waals surface area (Å²) in [6.45, 7) is 2.48. The van der Waals surface area contributed by atoms with Crippen molar-refractivity contribution < 1.29 is 1.37 Å². The second-order valence-corrected chi connectivity index (χ2v) is 4.11. The Morgan fingerprint density at radius 1 is 1.50 bits per heavy atom. The van der Waals surface area contributed by atoms with Gasteiger partial charge in [0.05, 0.1) is 0 Å². The Hall–Kier alpha value is -0.755. The monoisotopic (exact) mass is 174 g/mol. The van der Waals surface area contributed by atoms with Gasteiger partial charge in [0, 0.05) is 10.9 Å². The molecule has 59 valence electrons.